The number of aliphatic carboxylic acids is 1. The van der Waals surface area contributed by atoms with Crippen molar-refractivity contribution in [1.82, 2.24) is 0 Å². The van der Waals surface area contributed by atoms with E-state index >= 15 is 0 Å². The monoisotopic (exact) mass is 248 g/mol. The second-order valence-corrected chi connectivity index (χ2v) is 5.11. The van der Waals surface area contributed by atoms with E-state index in [1.807, 2.05) is 12.1 Å². The van der Waals surface area contributed by atoms with Crippen LogP contribution in [-0.2, 0) is 11.2 Å². The fraction of sp³-hybridized carbons (Fsp3) is 0.533. The number of benzene rings is 1. The van der Waals surface area contributed by atoms with Crippen LogP contribution >= 0.6 is 0 Å². The predicted octanol–water partition coefficient (Wildman–Crippen LogP) is 3.13. The number of methoxy groups -OCH3 is 1. The van der Waals surface area contributed by atoms with Crippen LogP contribution < -0.4 is 4.74 Å². The minimum Gasteiger partial charge on any atom is -0.497 e. The molecular formula is C15H20O3. The van der Waals surface area contributed by atoms with Gasteiger partial charge in [0.15, 0.2) is 0 Å². The molecule has 1 aliphatic carbocycles. The Morgan fingerprint density at radius 2 is 1.83 bits per heavy atom. The quantitative estimate of drug-likeness (QED) is 0.890. The van der Waals surface area contributed by atoms with Crippen molar-refractivity contribution in [1.29, 1.82) is 0 Å². The van der Waals surface area contributed by atoms with Gasteiger partial charge in [-0.15, -0.1) is 0 Å². The molecule has 0 unspecified atom stereocenters. The molecule has 1 N–H and O–H groups in total. The second kappa shape index (κ2) is 5.89. The first-order chi connectivity index (χ1) is 8.69. The summed E-state index contributed by atoms with van der Waals surface area (Å²) in [5.41, 5.74) is 1.31. The van der Waals surface area contributed by atoms with Gasteiger partial charge in [-0.2, -0.15) is 0 Å². The van der Waals surface area contributed by atoms with Gasteiger partial charge in [-0.25, -0.2) is 0 Å². The molecule has 0 aromatic heterocycles. The fourth-order valence-electron chi connectivity index (χ4n) is 2.71. The number of carbonyl (C=O) groups is 1. The van der Waals surface area contributed by atoms with E-state index in [4.69, 9.17) is 9.84 Å². The molecule has 18 heavy (non-hydrogen) atoms. The Morgan fingerprint density at radius 3 is 2.33 bits per heavy atom. The van der Waals surface area contributed by atoms with Gasteiger partial charge in [-0.3, -0.25) is 4.79 Å². The van der Waals surface area contributed by atoms with Crippen molar-refractivity contribution >= 4 is 5.97 Å². The van der Waals surface area contributed by atoms with Gasteiger partial charge in [0.05, 0.1) is 13.0 Å². The molecule has 0 amide bonds. The molecule has 3 heteroatoms. The maximum absolute atomic E-state index is 10.9. The van der Waals surface area contributed by atoms with Crippen LogP contribution in [0.1, 0.15) is 31.2 Å². The van der Waals surface area contributed by atoms with Crippen LogP contribution in [0, 0.1) is 11.8 Å². The van der Waals surface area contributed by atoms with Crippen molar-refractivity contribution in [3.8, 4) is 5.75 Å². The molecular weight excluding hydrogens is 228 g/mol. The van der Waals surface area contributed by atoms with Gasteiger partial charge in [0.2, 0.25) is 0 Å². The van der Waals surface area contributed by atoms with E-state index in [0.29, 0.717) is 5.92 Å². The summed E-state index contributed by atoms with van der Waals surface area (Å²) in [5, 5.41) is 8.96. The average molecular weight is 248 g/mol. The number of hydrogen-bond donors (Lipinski definition) is 1. The van der Waals surface area contributed by atoms with Crippen molar-refractivity contribution in [3.63, 3.8) is 0 Å². The zero-order valence-electron chi connectivity index (χ0n) is 10.8. The number of carboxylic acid groups (broad SMARTS) is 1. The number of ether oxygens (including phenoxy) is 1. The summed E-state index contributed by atoms with van der Waals surface area (Å²) in [7, 11) is 1.67. The van der Waals surface area contributed by atoms with E-state index in [2.05, 4.69) is 12.1 Å². The normalized spacial score (nSPS) is 23.6. The highest BCUT2D eigenvalue weighted by Gasteiger charge is 2.25. The molecule has 98 valence electrons. The molecule has 0 radical (unpaired) electrons. The van der Waals surface area contributed by atoms with E-state index in [9.17, 15) is 4.79 Å². The van der Waals surface area contributed by atoms with Crippen LogP contribution in [0.2, 0.25) is 0 Å². The zero-order valence-corrected chi connectivity index (χ0v) is 10.8. The summed E-state index contributed by atoms with van der Waals surface area (Å²) in [6.45, 7) is 0. The van der Waals surface area contributed by atoms with Crippen LogP contribution in [0.3, 0.4) is 0 Å². The minimum absolute atomic E-state index is 0.114. The lowest BCUT2D eigenvalue weighted by Gasteiger charge is -2.26. The Bertz CT molecular complexity index is 389. The van der Waals surface area contributed by atoms with Crippen LogP contribution in [0.25, 0.3) is 0 Å². The molecule has 0 aliphatic heterocycles. The molecule has 1 saturated carbocycles. The van der Waals surface area contributed by atoms with Gasteiger partial charge in [0.25, 0.3) is 0 Å². The van der Waals surface area contributed by atoms with Gasteiger partial charge in [-0.1, -0.05) is 12.1 Å². The molecule has 3 nitrogen and oxygen atoms in total. The summed E-state index contributed by atoms with van der Waals surface area (Å²) in [4.78, 5) is 10.9. The number of rotatable bonds is 4. The topological polar surface area (TPSA) is 46.5 Å². The third kappa shape index (κ3) is 3.25. The maximum Gasteiger partial charge on any atom is 0.306 e. The second-order valence-electron chi connectivity index (χ2n) is 5.11. The summed E-state index contributed by atoms with van der Waals surface area (Å²) < 4.78 is 5.13. The molecule has 1 aromatic rings. The van der Waals surface area contributed by atoms with Gasteiger partial charge < -0.3 is 9.84 Å². The van der Waals surface area contributed by atoms with Crippen molar-refractivity contribution in [3.05, 3.63) is 29.8 Å². The Morgan fingerprint density at radius 1 is 1.22 bits per heavy atom. The largest absolute Gasteiger partial charge is 0.497 e. The van der Waals surface area contributed by atoms with Crippen molar-refractivity contribution < 1.29 is 14.6 Å². The highest BCUT2D eigenvalue weighted by atomic mass is 16.5. The van der Waals surface area contributed by atoms with Crippen molar-refractivity contribution in [2.45, 2.75) is 32.1 Å². The molecule has 0 atom stereocenters. The smallest absolute Gasteiger partial charge is 0.306 e. The van der Waals surface area contributed by atoms with Gasteiger partial charge in [0.1, 0.15) is 5.75 Å². The Labute approximate surface area is 108 Å². The molecule has 0 heterocycles. The third-order valence-corrected chi connectivity index (χ3v) is 3.88. The van der Waals surface area contributed by atoms with Gasteiger partial charge in [-0.05, 0) is 55.7 Å². The van der Waals surface area contributed by atoms with E-state index in [1.54, 1.807) is 7.11 Å². The zero-order chi connectivity index (χ0) is 13.0. The molecule has 1 aliphatic rings. The Balaban J connectivity index is 1.85. The first-order valence-electron chi connectivity index (χ1n) is 6.54. The molecule has 1 fully saturated rings. The number of carboxylic acids is 1. The Kier molecular flexibility index (Phi) is 4.24. The van der Waals surface area contributed by atoms with Crippen molar-refractivity contribution in [2.24, 2.45) is 11.8 Å². The molecule has 0 bridgehead atoms. The van der Waals surface area contributed by atoms with E-state index in [1.165, 1.54) is 5.56 Å². The average Bonchev–Trinajstić information content (AvgIpc) is 2.40. The summed E-state index contributed by atoms with van der Waals surface area (Å²) >= 11 is 0. The molecule has 0 spiro atoms. The molecule has 2 rings (SSSR count). The highest BCUT2D eigenvalue weighted by Crippen LogP contribution is 2.31. The lowest BCUT2D eigenvalue weighted by Crippen LogP contribution is -2.22. The highest BCUT2D eigenvalue weighted by molar-refractivity contribution is 5.69. The third-order valence-electron chi connectivity index (χ3n) is 3.88. The van der Waals surface area contributed by atoms with E-state index in [0.717, 1.165) is 37.9 Å². The van der Waals surface area contributed by atoms with Gasteiger partial charge >= 0.3 is 5.97 Å². The van der Waals surface area contributed by atoms with Crippen LogP contribution in [0.15, 0.2) is 24.3 Å². The lowest BCUT2D eigenvalue weighted by molar-refractivity contribution is -0.143. The first-order valence-corrected chi connectivity index (χ1v) is 6.54. The standard InChI is InChI=1S/C15H20O3/c1-18-14-8-4-12(5-9-14)10-11-2-6-13(7-3-11)15(16)17/h4-5,8-9,11,13H,2-3,6-7,10H2,1H3,(H,16,17). The lowest BCUT2D eigenvalue weighted by atomic mass is 9.79. The van der Waals surface area contributed by atoms with E-state index < -0.39 is 5.97 Å². The Hall–Kier alpha value is -1.51. The summed E-state index contributed by atoms with van der Waals surface area (Å²) in [6, 6.07) is 8.17. The molecule has 0 saturated heterocycles. The van der Waals surface area contributed by atoms with Crippen molar-refractivity contribution in [2.75, 3.05) is 7.11 Å². The van der Waals surface area contributed by atoms with Gasteiger partial charge in [0, 0.05) is 0 Å². The predicted molar refractivity (Wildman–Crippen MR) is 69.8 cm³/mol. The minimum atomic E-state index is -0.627. The van der Waals surface area contributed by atoms with Crippen LogP contribution in [0.4, 0.5) is 0 Å². The van der Waals surface area contributed by atoms with Crippen LogP contribution in [0.5, 0.6) is 5.75 Å². The number of hydrogen-bond acceptors (Lipinski definition) is 2. The van der Waals surface area contributed by atoms with E-state index in [-0.39, 0.29) is 5.92 Å². The van der Waals surface area contributed by atoms with Crippen LogP contribution in [-0.4, -0.2) is 18.2 Å². The molecule has 1 aromatic carbocycles. The SMILES string of the molecule is COc1ccc(CC2CCC(C(=O)O)CC2)cc1. The first kappa shape index (κ1) is 12.9. The maximum atomic E-state index is 10.9. The summed E-state index contributed by atoms with van der Waals surface area (Å²) in [5.74, 6) is 0.775. The fourth-order valence-corrected chi connectivity index (χ4v) is 2.71. The summed E-state index contributed by atoms with van der Waals surface area (Å²) in [6.07, 6.45) is 4.77.